The molecule has 0 aliphatic heterocycles. The minimum atomic E-state index is -4.51. The molecule has 1 saturated carbocycles. The van der Waals surface area contributed by atoms with Crippen molar-refractivity contribution in [3.05, 3.63) is 76.9 Å². The monoisotopic (exact) mass is 430 g/mol. The molecule has 0 spiro atoms. The van der Waals surface area contributed by atoms with Crippen molar-refractivity contribution in [1.29, 1.82) is 0 Å². The van der Waals surface area contributed by atoms with Crippen LogP contribution in [0.4, 0.5) is 13.2 Å². The van der Waals surface area contributed by atoms with E-state index in [1.165, 1.54) is 23.8 Å². The molecular weight excluding hydrogens is 405 g/mol. The third kappa shape index (κ3) is 5.84. The summed E-state index contributed by atoms with van der Waals surface area (Å²) < 4.78 is 44.1. The first kappa shape index (κ1) is 22.8. The minimum absolute atomic E-state index is 0.0762. The predicted octanol–water partition coefficient (Wildman–Crippen LogP) is 6.20. The fourth-order valence-electron chi connectivity index (χ4n) is 4.04. The summed E-state index contributed by atoms with van der Waals surface area (Å²) in [5.41, 5.74) is 0.354. The second-order valence-corrected chi connectivity index (χ2v) is 7.73. The molecule has 0 amide bonds. The van der Waals surface area contributed by atoms with Crippen LogP contribution in [0.25, 0.3) is 6.08 Å². The Morgan fingerprint density at radius 3 is 2.29 bits per heavy atom. The Balaban J connectivity index is 1.80. The van der Waals surface area contributed by atoms with E-state index in [9.17, 15) is 22.8 Å². The second kappa shape index (κ2) is 9.94. The summed E-state index contributed by atoms with van der Waals surface area (Å²) in [5, 5.41) is 0. The van der Waals surface area contributed by atoms with Crippen molar-refractivity contribution < 1.29 is 27.5 Å². The van der Waals surface area contributed by atoms with E-state index in [0.29, 0.717) is 18.8 Å². The smallest absolute Gasteiger partial charge is 0.416 e. The molecule has 0 N–H and O–H groups in total. The van der Waals surface area contributed by atoms with E-state index in [2.05, 4.69) is 12.1 Å². The Bertz CT molecular complexity index is 940. The zero-order valence-corrected chi connectivity index (χ0v) is 17.3. The van der Waals surface area contributed by atoms with Crippen LogP contribution in [0.5, 0.6) is 0 Å². The fraction of sp³-hybridized carbons (Fsp3) is 0.360. The number of ketones is 1. The van der Waals surface area contributed by atoms with Crippen molar-refractivity contribution >= 4 is 17.8 Å². The molecule has 0 unspecified atom stereocenters. The highest BCUT2D eigenvalue weighted by molar-refractivity contribution is 6.21. The Hall–Kier alpha value is -2.89. The summed E-state index contributed by atoms with van der Waals surface area (Å²) in [6.07, 6.45) is -0.401. The molecule has 2 aromatic carbocycles. The lowest BCUT2D eigenvalue weighted by atomic mass is 9.76. The van der Waals surface area contributed by atoms with Gasteiger partial charge in [-0.1, -0.05) is 42.5 Å². The Kier molecular flexibility index (Phi) is 7.31. The molecule has 6 heteroatoms. The van der Waals surface area contributed by atoms with Gasteiger partial charge < -0.3 is 4.74 Å². The number of alkyl halides is 3. The van der Waals surface area contributed by atoms with Crippen molar-refractivity contribution in [1.82, 2.24) is 0 Å². The van der Waals surface area contributed by atoms with Crippen LogP contribution in [0, 0.1) is 5.92 Å². The maximum Gasteiger partial charge on any atom is 0.416 e. The molecule has 0 bridgehead atoms. The Morgan fingerprint density at radius 2 is 1.68 bits per heavy atom. The number of esters is 1. The third-order valence-corrected chi connectivity index (χ3v) is 5.65. The van der Waals surface area contributed by atoms with Gasteiger partial charge >= 0.3 is 12.1 Å². The van der Waals surface area contributed by atoms with Gasteiger partial charge in [-0.15, -0.1) is 0 Å². The van der Waals surface area contributed by atoms with E-state index in [1.807, 2.05) is 18.2 Å². The van der Waals surface area contributed by atoms with Gasteiger partial charge in [0, 0.05) is 5.92 Å². The molecule has 3 nitrogen and oxygen atoms in total. The highest BCUT2D eigenvalue weighted by Gasteiger charge is 2.33. The molecule has 0 heterocycles. The molecule has 0 saturated heterocycles. The third-order valence-electron chi connectivity index (χ3n) is 5.65. The SMILES string of the molecule is CCOC(=O)/C(=C\c1cccc(C(F)(F)F)c1)C(=O)C1CCC(c2ccccc2)CC1. The molecule has 1 aliphatic carbocycles. The zero-order valence-electron chi connectivity index (χ0n) is 17.3. The summed E-state index contributed by atoms with van der Waals surface area (Å²) >= 11 is 0. The quantitative estimate of drug-likeness (QED) is 0.237. The van der Waals surface area contributed by atoms with Gasteiger partial charge in [-0.25, -0.2) is 4.79 Å². The molecule has 31 heavy (non-hydrogen) atoms. The van der Waals surface area contributed by atoms with E-state index in [4.69, 9.17) is 4.74 Å². The maximum absolute atomic E-state index is 13.2. The Morgan fingerprint density at radius 1 is 1.00 bits per heavy atom. The number of rotatable bonds is 6. The van der Waals surface area contributed by atoms with Gasteiger partial charge in [-0.2, -0.15) is 13.2 Å². The number of ether oxygens (including phenoxy) is 1. The average molecular weight is 430 g/mol. The summed E-state index contributed by atoms with van der Waals surface area (Å²) in [7, 11) is 0. The molecule has 0 radical (unpaired) electrons. The molecule has 164 valence electrons. The highest BCUT2D eigenvalue weighted by atomic mass is 19.4. The van der Waals surface area contributed by atoms with E-state index >= 15 is 0 Å². The number of hydrogen-bond donors (Lipinski definition) is 0. The van der Waals surface area contributed by atoms with Crippen molar-refractivity contribution in [2.75, 3.05) is 6.61 Å². The first-order valence-electron chi connectivity index (χ1n) is 10.4. The number of hydrogen-bond acceptors (Lipinski definition) is 3. The molecule has 3 rings (SSSR count). The number of carbonyl (C=O) groups excluding carboxylic acids is 2. The fourth-order valence-corrected chi connectivity index (χ4v) is 4.04. The largest absolute Gasteiger partial charge is 0.462 e. The van der Waals surface area contributed by atoms with E-state index < -0.39 is 17.7 Å². The minimum Gasteiger partial charge on any atom is -0.462 e. The summed E-state index contributed by atoms with van der Waals surface area (Å²) in [6, 6.07) is 14.7. The average Bonchev–Trinajstić information content (AvgIpc) is 2.77. The van der Waals surface area contributed by atoms with Crippen LogP contribution >= 0.6 is 0 Å². The van der Waals surface area contributed by atoms with Gasteiger partial charge in [0.25, 0.3) is 0 Å². The van der Waals surface area contributed by atoms with Crippen molar-refractivity contribution in [3.63, 3.8) is 0 Å². The predicted molar refractivity (Wildman–Crippen MR) is 112 cm³/mol. The van der Waals surface area contributed by atoms with Gasteiger partial charge in [0.15, 0.2) is 5.78 Å². The van der Waals surface area contributed by atoms with Crippen LogP contribution in [0.15, 0.2) is 60.2 Å². The lowest BCUT2D eigenvalue weighted by molar-refractivity contribution is -0.140. The molecule has 0 aromatic heterocycles. The highest BCUT2D eigenvalue weighted by Crippen LogP contribution is 2.37. The van der Waals surface area contributed by atoms with Crippen molar-refractivity contribution in [2.45, 2.75) is 44.7 Å². The van der Waals surface area contributed by atoms with Crippen LogP contribution in [-0.4, -0.2) is 18.4 Å². The first-order chi connectivity index (χ1) is 14.8. The van der Waals surface area contributed by atoms with Crippen molar-refractivity contribution in [2.24, 2.45) is 5.92 Å². The Labute approximate surface area is 179 Å². The summed E-state index contributed by atoms with van der Waals surface area (Å²) in [5.74, 6) is -1.14. The first-order valence-corrected chi connectivity index (χ1v) is 10.4. The second-order valence-electron chi connectivity index (χ2n) is 7.73. The molecule has 0 atom stereocenters. The van der Waals surface area contributed by atoms with Gasteiger partial charge in [0.05, 0.1) is 12.2 Å². The van der Waals surface area contributed by atoms with Gasteiger partial charge in [0.2, 0.25) is 0 Å². The molecular formula is C25H25F3O3. The molecule has 2 aromatic rings. The van der Waals surface area contributed by atoms with Crippen LogP contribution in [-0.2, 0) is 20.5 Å². The zero-order chi connectivity index (χ0) is 22.4. The maximum atomic E-state index is 13.2. The summed E-state index contributed by atoms with van der Waals surface area (Å²) in [6.45, 7) is 1.70. The van der Waals surface area contributed by atoms with Gasteiger partial charge in [-0.3, -0.25) is 4.79 Å². The molecule has 1 aliphatic rings. The van der Waals surface area contributed by atoms with E-state index in [1.54, 1.807) is 6.92 Å². The van der Waals surface area contributed by atoms with Crippen LogP contribution in [0.2, 0.25) is 0 Å². The van der Waals surface area contributed by atoms with Crippen LogP contribution in [0.3, 0.4) is 0 Å². The van der Waals surface area contributed by atoms with Crippen molar-refractivity contribution in [3.8, 4) is 0 Å². The lowest BCUT2D eigenvalue weighted by Gasteiger charge is -2.28. The topological polar surface area (TPSA) is 43.4 Å². The number of Topliss-reactive ketones (excluding diaryl/α,β-unsaturated/α-hetero) is 1. The molecule has 1 fully saturated rings. The number of benzene rings is 2. The lowest BCUT2D eigenvalue weighted by Crippen LogP contribution is -2.26. The van der Waals surface area contributed by atoms with Crippen LogP contribution < -0.4 is 0 Å². The standard InChI is InChI=1S/C25H25F3O3/c1-2-31-24(30)22(16-17-7-6-10-21(15-17)25(26,27)28)23(29)20-13-11-19(12-14-20)18-8-4-3-5-9-18/h3-10,15-16,19-20H,2,11-14H2,1H3/b22-16-. The number of halogens is 3. The van der Waals surface area contributed by atoms with Crippen LogP contribution in [0.1, 0.15) is 55.2 Å². The normalized spacial score (nSPS) is 19.7. The van der Waals surface area contributed by atoms with E-state index in [-0.39, 0.29) is 29.4 Å². The summed E-state index contributed by atoms with van der Waals surface area (Å²) in [4.78, 5) is 25.6. The van der Waals surface area contributed by atoms with E-state index in [0.717, 1.165) is 25.0 Å². The van der Waals surface area contributed by atoms with Gasteiger partial charge in [0.1, 0.15) is 5.57 Å². The van der Waals surface area contributed by atoms with Gasteiger partial charge in [-0.05, 0) is 67.9 Å². The number of carbonyl (C=O) groups is 2.